The average molecular weight is 782 g/mol. The molecule has 52 heavy (non-hydrogen) atoms. The molecule has 0 bridgehead atoms. The quantitative estimate of drug-likeness (QED) is 0.0775. The molecule has 2 N–H and O–H groups in total. The smallest absolute Gasteiger partial charge is 0.447 e. The van der Waals surface area contributed by atoms with E-state index in [1.54, 1.807) is 6.08 Å². The maximum atomic E-state index is 12.0. The molecule has 2 rings (SSSR count). The van der Waals surface area contributed by atoms with Gasteiger partial charge in [0.1, 0.15) is 13.3 Å². The Balaban J connectivity index is 0.000000759. The van der Waals surface area contributed by atoms with Gasteiger partial charge in [-0.3, -0.25) is 4.74 Å². The molecule has 0 aromatic carbocycles. The van der Waals surface area contributed by atoms with E-state index >= 15 is 0 Å². The topological polar surface area (TPSA) is 134 Å². The Hall–Kier alpha value is -2.90. The molecule has 21 heteroatoms. The predicted octanol–water partition coefficient (Wildman–Crippen LogP) is 8.68. The number of carbonyl (C=O) groups is 2. The lowest BCUT2D eigenvalue weighted by Gasteiger charge is -2.45. The molecule has 2 saturated carbocycles. The first-order valence-corrected chi connectivity index (χ1v) is 16.0. The summed E-state index contributed by atoms with van der Waals surface area (Å²) in [7, 11) is 0. The number of isocyanates is 1. The summed E-state index contributed by atoms with van der Waals surface area (Å²) in [5.41, 5.74) is 0.263. The number of nitrogens with zero attached hydrogens (tertiary/aromatic N) is 1. The number of rotatable bonds is 14. The molecular weight excluding hydrogens is 732 g/mol. The van der Waals surface area contributed by atoms with Crippen molar-refractivity contribution in [3.63, 3.8) is 0 Å². The van der Waals surface area contributed by atoms with E-state index in [1.165, 1.54) is 11.4 Å². The van der Waals surface area contributed by atoms with Gasteiger partial charge in [0.15, 0.2) is 6.86 Å². The molecule has 0 saturated heterocycles. The van der Waals surface area contributed by atoms with Gasteiger partial charge >= 0.3 is 30.7 Å². The Labute approximate surface area is 295 Å². The molecule has 11 nitrogen and oxygen atoms in total. The van der Waals surface area contributed by atoms with E-state index in [4.69, 9.17) is 0 Å². The van der Waals surface area contributed by atoms with Crippen molar-refractivity contribution in [3.05, 3.63) is 0 Å². The molecule has 4 unspecified atom stereocenters. The lowest BCUT2D eigenvalue weighted by molar-refractivity contribution is -0.548. The predicted molar refractivity (Wildman–Crippen MR) is 164 cm³/mol. The molecule has 2 amide bonds. The van der Waals surface area contributed by atoms with Crippen LogP contribution in [0.2, 0.25) is 0 Å². The number of halogens is 10. The van der Waals surface area contributed by atoms with Crippen LogP contribution in [0.1, 0.15) is 87.0 Å². The van der Waals surface area contributed by atoms with Crippen molar-refractivity contribution in [2.24, 2.45) is 32.6 Å². The first kappa shape index (κ1) is 49.1. The maximum Gasteiger partial charge on any atom is 0.492 e. The summed E-state index contributed by atoms with van der Waals surface area (Å²) < 4.78 is 131. The number of aliphatic imine (C=N–C) groups is 1. The minimum atomic E-state index is -6.04. The van der Waals surface area contributed by atoms with Crippen molar-refractivity contribution in [2.75, 3.05) is 40.1 Å². The van der Waals surface area contributed by atoms with E-state index in [0.717, 1.165) is 32.1 Å². The number of alkyl halides is 9. The number of amides is 2. The lowest BCUT2D eigenvalue weighted by Crippen LogP contribution is -2.48. The number of ether oxygens (including phenoxy) is 4. The summed E-state index contributed by atoms with van der Waals surface area (Å²) in [5, 5.41) is 5.31. The zero-order chi connectivity index (χ0) is 40.7. The largest absolute Gasteiger partial charge is 0.492 e. The zero-order valence-electron chi connectivity index (χ0n) is 30.1. The van der Waals surface area contributed by atoms with E-state index in [1.807, 2.05) is 0 Å². The number of hydrogen-bond acceptors (Lipinski definition) is 9. The van der Waals surface area contributed by atoms with Crippen LogP contribution in [0.3, 0.4) is 0 Å². The summed E-state index contributed by atoms with van der Waals surface area (Å²) in [6, 6.07) is -0.0649. The van der Waals surface area contributed by atoms with Crippen LogP contribution in [0.15, 0.2) is 4.99 Å². The van der Waals surface area contributed by atoms with Crippen LogP contribution in [-0.4, -0.2) is 82.9 Å². The minimum Gasteiger partial charge on any atom is -0.447 e. The molecule has 306 valence electrons. The van der Waals surface area contributed by atoms with Crippen LogP contribution in [0.4, 0.5) is 53.6 Å². The van der Waals surface area contributed by atoms with Crippen molar-refractivity contribution in [1.82, 2.24) is 10.6 Å². The average Bonchev–Trinajstić information content (AvgIpc) is 2.96. The van der Waals surface area contributed by atoms with Crippen LogP contribution >= 0.6 is 0 Å². The van der Waals surface area contributed by atoms with E-state index < -0.39 is 51.1 Å². The van der Waals surface area contributed by atoms with Gasteiger partial charge in [-0.1, -0.05) is 48.5 Å². The number of alkyl carbamates (subject to hydrolysis) is 2. The summed E-state index contributed by atoms with van der Waals surface area (Å²) >= 11 is 0. The molecule has 4 atom stereocenters. The van der Waals surface area contributed by atoms with Gasteiger partial charge in [-0.2, -0.15) is 17.6 Å². The molecule has 0 heterocycles. The highest BCUT2D eigenvalue weighted by atomic mass is 19.4. The Bertz CT molecular complexity index is 1160. The number of hydrogen-bond donors (Lipinski definition) is 2. The fourth-order valence-electron chi connectivity index (χ4n) is 7.37. The van der Waals surface area contributed by atoms with E-state index in [9.17, 15) is 58.4 Å². The second-order valence-electron chi connectivity index (χ2n) is 15.1. The monoisotopic (exact) mass is 781 g/mol. The molecule has 2 fully saturated rings. The first-order valence-electron chi connectivity index (χ1n) is 16.0. The van der Waals surface area contributed by atoms with Crippen molar-refractivity contribution < 1.29 is 82.3 Å². The molecule has 0 aromatic rings. The summed E-state index contributed by atoms with van der Waals surface area (Å²) in [6.45, 7) is 12.0. The van der Waals surface area contributed by atoms with Crippen LogP contribution in [-0.2, 0) is 28.7 Å². The molecule has 2 aliphatic carbocycles. The Kier molecular flexibility index (Phi) is 19.4. The number of carbonyl (C=O) groups excluding carboxylic acids is 3. The number of nitrogens with one attached hydrogen (secondary N) is 2. The third-order valence-electron chi connectivity index (χ3n) is 8.03. The van der Waals surface area contributed by atoms with Gasteiger partial charge in [-0.05, 0) is 70.6 Å². The molecule has 2 aliphatic rings. The van der Waals surface area contributed by atoms with Gasteiger partial charge in [0.2, 0.25) is 12.9 Å². The lowest BCUT2D eigenvalue weighted by atomic mass is 9.61. The fraction of sp³-hybridized carbons (Fsp3) is 0.903. The van der Waals surface area contributed by atoms with Gasteiger partial charge in [0, 0.05) is 13.1 Å². The second-order valence-corrected chi connectivity index (χ2v) is 15.1. The Morgan fingerprint density at radius 2 is 1.27 bits per heavy atom. The summed E-state index contributed by atoms with van der Waals surface area (Å²) in [5.74, 6) is 0.655. The highest BCUT2D eigenvalue weighted by Gasteiger charge is 2.66. The van der Waals surface area contributed by atoms with Gasteiger partial charge in [-0.15, -0.1) is 13.7 Å². The highest BCUT2D eigenvalue weighted by Crippen LogP contribution is 2.48. The second kappa shape index (κ2) is 20.5. The third-order valence-corrected chi connectivity index (χ3v) is 8.03. The SMILES string of the molecule is CC1(C)CC(N=C=O)CC(C)(CNC(=O)OCCF)C1.CC1CC(C)(C)CC(C)(CNC(=O)OCF)C1.FCOC(F)(F)OC(F)(F)C(F)(F)OF. The van der Waals surface area contributed by atoms with Gasteiger partial charge in [-0.25, -0.2) is 37.3 Å². The Morgan fingerprint density at radius 1 is 0.769 bits per heavy atom. The van der Waals surface area contributed by atoms with Crippen LogP contribution in [0.25, 0.3) is 0 Å². The van der Waals surface area contributed by atoms with Crippen molar-refractivity contribution >= 4 is 18.3 Å². The van der Waals surface area contributed by atoms with Crippen LogP contribution in [0.5, 0.6) is 0 Å². The summed E-state index contributed by atoms with van der Waals surface area (Å²) in [4.78, 5) is 38.2. The zero-order valence-corrected chi connectivity index (χ0v) is 30.1. The highest BCUT2D eigenvalue weighted by molar-refractivity contribution is 5.67. The van der Waals surface area contributed by atoms with E-state index in [0.29, 0.717) is 24.4 Å². The van der Waals surface area contributed by atoms with Crippen LogP contribution in [0, 0.1) is 27.6 Å². The van der Waals surface area contributed by atoms with Crippen molar-refractivity contribution in [3.8, 4) is 0 Å². The molecule has 0 aromatic heterocycles. The van der Waals surface area contributed by atoms with Crippen molar-refractivity contribution in [2.45, 2.75) is 112 Å². The normalized spacial score (nSPS) is 25.5. The Morgan fingerprint density at radius 3 is 1.71 bits per heavy atom. The fourth-order valence-corrected chi connectivity index (χ4v) is 7.37. The molecule has 0 spiro atoms. The molecule has 0 radical (unpaired) electrons. The first-order chi connectivity index (χ1) is 23.6. The summed E-state index contributed by atoms with van der Waals surface area (Å²) in [6.07, 6.45) is -11.2. The molecular formula is C31H49F10N3O8. The van der Waals surface area contributed by atoms with E-state index in [-0.39, 0.29) is 28.9 Å². The van der Waals surface area contributed by atoms with Crippen LogP contribution < -0.4 is 10.6 Å². The maximum absolute atomic E-state index is 12.0. The van der Waals surface area contributed by atoms with Gasteiger partial charge in [0.25, 0.3) is 0 Å². The van der Waals surface area contributed by atoms with Gasteiger partial charge < -0.3 is 20.1 Å². The van der Waals surface area contributed by atoms with Crippen molar-refractivity contribution in [1.29, 1.82) is 0 Å². The van der Waals surface area contributed by atoms with E-state index in [2.05, 4.69) is 83.0 Å². The van der Waals surface area contributed by atoms with Gasteiger partial charge in [0.05, 0.1) is 6.04 Å². The third kappa shape index (κ3) is 18.7. The molecule has 0 aliphatic heterocycles. The minimum absolute atomic E-state index is 0.0442. The standard InChI is InChI=1S/C14H23FN2O3.C13H24FNO2.C4H2F8O3/c1-13(2)6-11(17-10-18)7-14(3,8-13)9-16-12(19)20-5-4-15;1-10-5-12(2,3)7-13(4,6-10)8-15-11(16)17-9-14;5-1-13-4(10,11)14-2(6,7)3(8,9)15-12/h11H,4-9H2,1-3H3,(H,16,19);10H,5-9H2,1-4H3,(H,15,16);1H2.